The van der Waals surface area contributed by atoms with Gasteiger partial charge in [-0.3, -0.25) is 0 Å². The topological polar surface area (TPSA) is 35.6 Å². The molecule has 2 amide bonds. The molecule has 0 spiro atoms. The van der Waals surface area contributed by atoms with Gasteiger partial charge < -0.3 is 15.1 Å². The fourth-order valence-electron chi connectivity index (χ4n) is 2.17. The van der Waals surface area contributed by atoms with Crippen LogP contribution in [0.5, 0.6) is 0 Å². The van der Waals surface area contributed by atoms with Crippen molar-refractivity contribution in [3.63, 3.8) is 0 Å². The fourth-order valence-corrected chi connectivity index (χ4v) is 2.17. The quantitative estimate of drug-likeness (QED) is 0.776. The van der Waals surface area contributed by atoms with Crippen molar-refractivity contribution in [3.8, 4) is 0 Å². The number of carbonyl (C=O) groups is 1. The van der Waals surface area contributed by atoms with Crippen LogP contribution in [-0.2, 0) is 0 Å². The van der Waals surface area contributed by atoms with Gasteiger partial charge in [0.25, 0.3) is 0 Å². The Kier molecular flexibility index (Phi) is 4.59. The highest BCUT2D eigenvalue weighted by molar-refractivity contribution is 5.74. The Morgan fingerprint density at radius 1 is 1.38 bits per heavy atom. The summed E-state index contributed by atoms with van der Waals surface area (Å²) in [5.41, 5.74) is 0.0271. The third-order valence-electron chi connectivity index (χ3n) is 3.10. The molecule has 0 atom stereocenters. The molecule has 4 heteroatoms. The molecule has 1 rings (SSSR count). The summed E-state index contributed by atoms with van der Waals surface area (Å²) >= 11 is 0. The van der Waals surface area contributed by atoms with Gasteiger partial charge in [0.1, 0.15) is 0 Å². The van der Waals surface area contributed by atoms with Crippen LogP contribution in [0.3, 0.4) is 0 Å². The first kappa shape index (κ1) is 13.3. The molecule has 1 fully saturated rings. The van der Waals surface area contributed by atoms with Crippen LogP contribution >= 0.6 is 0 Å². The zero-order chi connectivity index (χ0) is 12.2. The normalized spacial score (nSPS) is 20.4. The number of hydrogen-bond acceptors (Lipinski definition) is 2. The Morgan fingerprint density at radius 2 is 2.00 bits per heavy atom. The highest BCUT2D eigenvalue weighted by Crippen LogP contribution is 2.12. The van der Waals surface area contributed by atoms with Crippen LogP contribution in [0.15, 0.2) is 0 Å². The third kappa shape index (κ3) is 3.37. The second kappa shape index (κ2) is 5.53. The fraction of sp³-hybridized carbons (Fsp3) is 0.917. The number of nitrogens with zero attached hydrogens (tertiary/aromatic N) is 2. The Labute approximate surface area is 99.0 Å². The van der Waals surface area contributed by atoms with Crippen molar-refractivity contribution in [2.24, 2.45) is 0 Å². The Hall–Kier alpha value is -0.770. The molecule has 16 heavy (non-hydrogen) atoms. The highest BCUT2D eigenvalue weighted by Gasteiger charge is 2.28. The monoisotopic (exact) mass is 227 g/mol. The lowest BCUT2D eigenvalue weighted by atomic mass is 10.1. The minimum absolute atomic E-state index is 0.0271. The van der Waals surface area contributed by atoms with E-state index in [0.29, 0.717) is 0 Å². The summed E-state index contributed by atoms with van der Waals surface area (Å²) in [7, 11) is 0. The van der Waals surface area contributed by atoms with Gasteiger partial charge in [0.2, 0.25) is 0 Å². The van der Waals surface area contributed by atoms with E-state index in [1.165, 1.54) is 0 Å². The minimum atomic E-state index is 0.0271. The molecule has 0 unspecified atom stereocenters. The molecule has 0 radical (unpaired) electrons. The molecule has 4 nitrogen and oxygen atoms in total. The van der Waals surface area contributed by atoms with E-state index in [-0.39, 0.29) is 11.6 Å². The molecular formula is C12H25N3O. The van der Waals surface area contributed by atoms with Gasteiger partial charge in [-0.25, -0.2) is 4.79 Å². The summed E-state index contributed by atoms with van der Waals surface area (Å²) < 4.78 is 0. The molecule has 0 aromatic carbocycles. The standard InChI is InChI=1S/C12H25N3O/c1-5-14(6-2)11(16)15-9-7-8-13-12(3,4)10-15/h13H,5-10H2,1-4H3. The molecule has 0 aliphatic carbocycles. The SMILES string of the molecule is CCN(CC)C(=O)N1CCCNC(C)(C)C1. The van der Waals surface area contributed by atoms with Crippen LogP contribution in [0.4, 0.5) is 4.79 Å². The Bertz CT molecular complexity index is 236. The van der Waals surface area contributed by atoms with Crippen LogP contribution in [0.25, 0.3) is 0 Å². The smallest absolute Gasteiger partial charge is 0.320 e. The largest absolute Gasteiger partial charge is 0.325 e. The van der Waals surface area contributed by atoms with E-state index in [4.69, 9.17) is 0 Å². The van der Waals surface area contributed by atoms with Crippen molar-refractivity contribution in [1.82, 2.24) is 15.1 Å². The second-order valence-corrected chi connectivity index (χ2v) is 5.04. The van der Waals surface area contributed by atoms with Gasteiger partial charge in [-0.15, -0.1) is 0 Å². The number of amides is 2. The number of nitrogens with one attached hydrogen (secondary N) is 1. The first-order valence-electron chi connectivity index (χ1n) is 6.29. The van der Waals surface area contributed by atoms with Crippen molar-refractivity contribution in [1.29, 1.82) is 0 Å². The van der Waals surface area contributed by atoms with E-state index < -0.39 is 0 Å². The summed E-state index contributed by atoms with van der Waals surface area (Å²) in [6.45, 7) is 12.6. The number of hydrogen-bond donors (Lipinski definition) is 1. The van der Waals surface area contributed by atoms with Crippen molar-refractivity contribution >= 4 is 6.03 Å². The molecule has 1 aliphatic heterocycles. The zero-order valence-corrected chi connectivity index (χ0v) is 11.0. The van der Waals surface area contributed by atoms with Gasteiger partial charge in [0.05, 0.1) is 0 Å². The second-order valence-electron chi connectivity index (χ2n) is 5.04. The lowest BCUT2D eigenvalue weighted by Crippen LogP contribution is -2.51. The molecule has 0 bridgehead atoms. The van der Waals surface area contributed by atoms with Gasteiger partial charge >= 0.3 is 6.03 Å². The summed E-state index contributed by atoms with van der Waals surface area (Å²) in [5.74, 6) is 0. The van der Waals surface area contributed by atoms with E-state index in [2.05, 4.69) is 19.2 Å². The first-order chi connectivity index (χ1) is 7.50. The van der Waals surface area contributed by atoms with Gasteiger partial charge in [-0.1, -0.05) is 0 Å². The zero-order valence-electron chi connectivity index (χ0n) is 11.0. The summed E-state index contributed by atoms with van der Waals surface area (Å²) in [5, 5.41) is 3.47. The lowest BCUT2D eigenvalue weighted by Gasteiger charge is -2.33. The maximum Gasteiger partial charge on any atom is 0.320 e. The van der Waals surface area contributed by atoms with Crippen LogP contribution in [0.1, 0.15) is 34.1 Å². The van der Waals surface area contributed by atoms with Gasteiger partial charge in [-0.05, 0) is 40.7 Å². The molecule has 0 aromatic rings. The van der Waals surface area contributed by atoms with Crippen LogP contribution in [0.2, 0.25) is 0 Å². The van der Waals surface area contributed by atoms with Crippen molar-refractivity contribution in [3.05, 3.63) is 0 Å². The number of carbonyl (C=O) groups excluding carboxylic acids is 1. The van der Waals surface area contributed by atoms with E-state index in [9.17, 15) is 4.79 Å². The number of rotatable bonds is 2. The van der Waals surface area contributed by atoms with E-state index >= 15 is 0 Å². The van der Waals surface area contributed by atoms with Crippen molar-refractivity contribution in [2.45, 2.75) is 39.7 Å². The lowest BCUT2D eigenvalue weighted by molar-refractivity contribution is 0.150. The Balaban J connectivity index is 2.66. The summed E-state index contributed by atoms with van der Waals surface area (Å²) in [4.78, 5) is 16.1. The molecule has 0 aromatic heterocycles. The summed E-state index contributed by atoms with van der Waals surface area (Å²) in [6, 6.07) is 0.182. The third-order valence-corrected chi connectivity index (χ3v) is 3.10. The summed E-state index contributed by atoms with van der Waals surface area (Å²) in [6.07, 6.45) is 1.04. The van der Waals surface area contributed by atoms with Crippen molar-refractivity contribution in [2.75, 3.05) is 32.7 Å². The molecule has 1 saturated heterocycles. The van der Waals surface area contributed by atoms with Crippen LogP contribution < -0.4 is 5.32 Å². The minimum Gasteiger partial charge on any atom is -0.325 e. The van der Waals surface area contributed by atoms with Gasteiger partial charge in [0.15, 0.2) is 0 Å². The van der Waals surface area contributed by atoms with Gasteiger partial charge in [0, 0.05) is 31.7 Å². The predicted octanol–water partition coefficient (Wildman–Crippen LogP) is 1.52. The first-order valence-corrected chi connectivity index (χ1v) is 6.29. The van der Waals surface area contributed by atoms with Gasteiger partial charge in [-0.2, -0.15) is 0 Å². The van der Waals surface area contributed by atoms with Crippen molar-refractivity contribution < 1.29 is 4.79 Å². The molecule has 1 heterocycles. The molecule has 0 saturated carbocycles. The molecule has 1 N–H and O–H groups in total. The Morgan fingerprint density at radius 3 is 2.56 bits per heavy atom. The van der Waals surface area contributed by atoms with E-state index in [1.807, 2.05) is 23.6 Å². The van der Waals surface area contributed by atoms with E-state index in [0.717, 1.165) is 39.1 Å². The molecular weight excluding hydrogens is 202 g/mol. The maximum atomic E-state index is 12.2. The highest BCUT2D eigenvalue weighted by atomic mass is 16.2. The molecule has 94 valence electrons. The maximum absolute atomic E-state index is 12.2. The predicted molar refractivity (Wildman–Crippen MR) is 66.6 cm³/mol. The average molecular weight is 227 g/mol. The van der Waals surface area contributed by atoms with Crippen LogP contribution in [0, 0.1) is 0 Å². The van der Waals surface area contributed by atoms with E-state index in [1.54, 1.807) is 0 Å². The average Bonchev–Trinajstić information content (AvgIpc) is 2.41. The molecule has 1 aliphatic rings. The number of urea groups is 1. The van der Waals surface area contributed by atoms with Crippen LogP contribution in [-0.4, -0.2) is 54.1 Å².